The number of nitrogens with one attached hydrogen (secondary N) is 1. The Morgan fingerprint density at radius 2 is 1.54 bits per heavy atom. The second-order valence-corrected chi connectivity index (χ2v) is 9.97. The van der Waals surface area contributed by atoms with Gasteiger partial charge in [-0.15, -0.1) is 0 Å². The van der Waals surface area contributed by atoms with E-state index >= 15 is 0 Å². The summed E-state index contributed by atoms with van der Waals surface area (Å²) in [6, 6.07) is 20.6. The average Bonchev–Trinajstić information content (AvgIpc) is 2.95. The van der Waals surface area contributed by atoms with Crippen LogP contribution in [0.5, 0.6) is 5.75 Å². The second-order valence-electron chi connectivity index (χ2n) is 9.97. The molecule has 2 fully saturated rings. The first-order valence-electron chi connectivity index (χ1n) is 13.4. The molecular weight excluding hydrogens is 494 g/mol. The maximum absolute atomic E-state index is 12.7. The Balaban J connectivity index is 1.06. The number of ether oxygens (including phenoxy) is 2. The van der Waals surface area contributed by atoms with Gasteiger partial charge in [-0.05, 0) is 61.0 Å². The molecule has 0 saturated carbocycles. The number of benzene rings is 2. The largest absolute Gasteiger partial charge is 0.415 e. The Morgan fingerprint density at radius 1 is 0.846 bits per heavy atom. The summed E-state index contributed by atoms with van der Waals surface area (Å²) in [4.78, 5) is 36.3. The lowest BCUT2D eigenvalue weighted by molar-refractivity contribution is 0.0342. The Bertz CT molecular complexity index is 1250. The van der Waals surface area contributed by atoms with Crippen molar-refractivity contribution in [3.63, 3.8) is 0 Å². The van der Waals surface area contributed by atoms with E-state index in [0.29, 0.717) is 30.1 Å². The van der Waals surface area contributed by atoms with E-state index < -0.39 is 0 Å². The third kappa shape index (κ3) is 7.63. The number of aromatic nitrogens is 1. The standard InChI is InChI=1S/C30H35N5O4/c1-23-3-2-4-27(31-23)22-33-13-15-35(16-14-33)30(37)39-28-11-9-26(10-12-28)32-29(36)25-7-5-24(6-8-25)21-34-17-19-38-20-18-34/h2-12H,13-22H2,1H3,(H,32,36). The van der Waals surface area contributed by atoms with Crippen molar-refractivity contribution >= 4 is 17.7 Å². The van der Waals surface area contributed by atoms with Gasteiger partial charge in [-0.2, -0.15) is 0 Å². The number of amides is 2. The van der Waals surface area contributed by atoms with Gasteiger partial charge in [0.2, 0.25) is 0 Å². The van der Waals surface area contributed by atoms with Gasteiger partial charge < -0.3 is 19.7 Å². The topological polar surface area (TPSA) is 87.2 Å². The van der Waals surface area contributed by atoms with Crippen LogP contribution in [0.1, 0.15) is 27.3 Å². The summed E-state index contributed by atoms with van der Waals surface area (Å²) in [7, 11) is 0. The number of carbonyl (C=O) groups is 2. The highest BCUT2D eigenvalue weighted by atomic mass is 16.6. The predicted molar refractivity (Wildman–Crippen MR) is 149 cm³/mol. The van der Waals surface area contributed by atoms with E-state index in [-0.39, 0.29) is 12.0 Å². The molecule has 2 aliphatic heterocycles. The van der Waals surface area contributed by atoms with E-state index in [1.165, 1.54) is 5.56 Å². The minimum atomic E-state index is -0.364. The van der Waals surface area contributed by atoms with E-state index in [1.54, 1.807) is 29.2 Å². The van der Waals surface area contributed by atoms with Gasteiger partial charge in [0.05, 0.1) is 18.9 Å². The lowest BCUT2D eigenvalue weighted by Gasteiger charge is -2.33. The van der Waals surface area contributed by atoms with E-state index in [9.17, 15) is 9.59 Å². The molecule has 0 spiro atoms. The highest BCUT2D eigenvalue weighted by molar-refractivity contribution is 6.04. The summed E-state index contributed by atoms with van der Waals surface area (Å²) in [5.41, 5.74) is 4.45. The van der Waals surface area contributed by atoms with Crippen LogP contribution in [-0.4, -0.2) is 84.2 Å². The maximum atomic E-state index is 12.7. The molecule has 9 nitrogen and oxygen atoms in total. The molecule has 39 heavy (non-hydrogen) atoms. The van der Waals surface area contributed by atoms with E-state index in [0.717, 1.165) is 63.9 Å². The van der Waals surface area contributed by atoms with Gasteiger partial charge in [0.1, 0.15) is 5.75 Å². The van der Waals surface area contributed by atoms with Crippen molar-refractivity contribution in [3.8, 4) is 5.75 Å². The zero-order chi connectivity index (χ0) is 27.0. The fourth-order valence-corrected chi connectivity index (χ4v) is 4.76. The van der Waals surface area contributed by atoms with Crippen molar-refractivity contribution in [1.29, 1.82) is 0 Å². The van der Waals surface area contributed by atoms with Crippen LogP contribution < -0.4 is 10.1 Å². The lowest BCUT2D eigenvalue weighted by atomic mass is 10.1. The highest BCUT2D eigenvalue weighted by Gasteiger charge is 2.23. The van der Waals surface area contributed by atoms with E-state index in [1.807, 2.05) is 49.4 Å². The summed E-state index contributed by atoms with van der Waals surface area (Å²) in [5.74, 6) is 0.258. The molecule has 3 aromatic rings. The maximum Gasteiger partial charge on any atom is 0.415 e. The van der Waals surface area contributed by atoms with Crippen LogP contribution in [0.25, 0.3) is 0 Å². The number of morpholine rings is 1. The predicted octanol–water partition coefficient (Wildman–Crippen LogP) is 3.79. The van der Waals surface area contributed by atoms with Gasteiger partial charge in [0.15, 0.2) is 0 Å². The molecule has 1 aromatic heterocycles. The van der Waals surface area contributed by atoms with Crippen LogP contribution in [0.2, 0.25) is 0 Å². The summed E-state index contributed by atoms with van der Waals surface area (Å²) >= 11 is 0. The number of nitrogens with zero attached hydrogens (tertiary/aromatic N) is 4. The second kappa shape index (κ2) is 12.8. The lowest BCUT2D eigenvalue weighted by Crippen LogP contribution is -2.49. The van der Waals surface area contributed by atoms with Crippen LogP contribution in [0.15, 0.2) is 66.7 Å². The van der Waals surface area contributed by atoms with Crippen LogP contribution in [-0.2, 0) is 17.8 Å². The third-order valence-electron chi connectivity index (χ3n) is 7.01. The van der Waals surface area contributed by atoms with Gasteiger partial charge >= 0.3 is 6.09 Å². The van der Waals surface area contributed by atoms with Crippen molar-refractivity contribution in [3.05, 3.63) is 89.2 Å². The van der Waals surface area contributed by atoms with Gasteiger partial charge in [0.25, 0.3) is 5.91 Å². The molecule has 9 heteroatoms. The molecule has 0 atom stereocenters. The van der Waals surface area contributed by atoms with E-state index in [4.69, 9.17) is 9.47 Å². The summed E-state index contributed by atoms with van der Waals surface area (Å²) in [5, 5.41) is 2.90. The Kier molecular flexibility index (Phi) is 8.82. The molecule has 2 aliphatic rings. The van der Waals surface area contributed by atoms with Crippen molar-refractivity contribution in [2.24, 2.45) is 0 Å². The molecule has 2 amide bonds. The molecule has 0 unspecified atom stereocenters. The average molecular weight is 530 g/mol. The summed E-state index contributed by atoms with van der Waals surface area (Å²) in [6.07, 6.45) is -0.364. The fourth-order valence-electron chi connectivity index (χ4n) is 4.76. The quantitative estimate of drug-likeness (QED) is 0.498. The number of hydrogen-bond acceptors (Lipinski definition) is 7. The third-order valence-corrected chi connectivity index (χ3v) is 7.01. The molecule has 3 heterocycles. The monoisotopic (exact) mass is 529 g/mol. The molecule has 2 aromatic carbocycles. The normalized spacial score (nSPS) is 16.6. The Morgan fingerprint density at radius 3 is 2.23 bits per heavy atom. The summed E-state index contributed by atoms with van der Waals surface area (Å²) < 4.78 is 11.0. The molecule has 204 valence electrons. The van der Waals surface area contributed by atoms with Crippen molar-refractivity contribution in [2.75, 3.05) is 57.8 Å². The van der Waals surface area contributed by atoms with Gasteiger partial charge in [0, 0.05) is 69.3 Å². The smallest absolute Gasteiger partial charge is 0.410 e. The molecule has 2 saturated heterocycles. The number of carbonyl (C=O) groups excluding carboxylic acids is 2. The SMILES string of the molecule is Cc1cccc(CN2CCN(C(=O)Oc3ccc(NC(=O)c4ccc(CN5CCOCC5)cc4)cc3)CC2)n1. The summed E-state index contributed by atoms with van der Waals surface area (Å²) in [6.45, 7) is 9.74. The molecule has 5 rings (SSSR count). The number of rotatable bonds is 7. The first-order valence-corrected chi connectivity index (χ1v) is 13.4. The number of hydrogen-bond donors (Lipinski definition) is 1. The zero-order valence-electron chi connectivity index (χ0n) is 22.3. The number of pyridine rings is 1. The molecular formula is C30H35N5O4. The molecule has 1 N–H and O–H groups in total. The Labute approximate surface area is 229 Å². The Hall–Kier alpha value is -3.79. The number of aryl methyl sites for hydroxylation is 1. The molecule has 0 radical (unpaired) electrons. The minimum absolute atomic E-state index is 0.184. The fraction of sp³-hybridized carbons (Fsp3) is 0.367. The highest BCUT2D eigenvalue weighted by Crippen LogP contribution is 2.19. The van der Waals surface area contributed by atoms with Crippen LogP contribution in [0.4, 0.5) is 10.5 Å². The molecule has 0 aliphatic carbocycles. The first-order chi connectivity index (χ1) is 19.0. The zero-order valence-corrected chi connectivity index (χ0v) is 22.3. The van der Waals surface area contributed by atoms with Crippen LogP contribution in [0.3, 0.4) is 0 Å². The first kappa shape index (κ1) is 26.8. The van der Waals surface area contributed by atoms with Gasteiger partial charge in [-0.25, -0.2) is 4.79 Å². The minimum Gasteiger partial charge on any atom is -0.410 e. The molecule has 0 bridgehead atoms. The van der Waals surface area contributed by atoms with Crippen molar-refractivity contribution < 1.29 is 19.1 Å². The van der Waals surface area contributed by atoms with Crippen molar-refractivity contribution in [2.45, 2.75) is 20.0 Å². The van der Waals surface area contributed by atoms with Gasteiger partial charge in [-0.3, -0.25) is 19.6 Å². The number of anilines is 1. The van der Waals surface area contributed by atoms with Crippen molar-refractivity contribution in [1.82, 2.24) is 19.7 Å². The van der Waals surface area contributed by atoms with E-state index in [2.05, 4.69) is 20.1 Å². The van der Waals surface area contributed by atoms with Crippen LogP contribution >= 0.6 is 0 Å². The van der Waals surface area contributed by atoms with Gasteiger partial charge in [-0.1, -0.05) is 18.2 Å². The number of piperazine rings is 1. The van der Waals surface area contributed by atoms with Crippen LogP contribution in [0, 0.1) is 6.92 Å².